The summed E-state index contributed by atoms with van der Waals surface area (Å²) in [5, 5.41) is 4.88. The van der Waals surface area contributed by atoms with E-state index in [2.05, 4.69) is 10.0 Å². The van der Waals surface area contributed by atoms with Crippen LogP contribution in [0.2, 0.25) is 0 Å². The van der Waals surface area contributed by atoms with Crippen molar-refractivity contribution in [1.82, 2.24) is 5.32 Å². The molecular formula is C21H22N2O3S2. The molecule has 0 aliphatic rings. The minimum Gasteiger partial charge on any atom is -0.352 e. The molecule has 146 valence electrons. The Labute approximate surface area is 169 Å². The van der Waals surface area contributed by atoms with Gasteiger partial charge < -0.3 is 5.32 Å². The number of sulfonamides is 1. The predicted molar refractivity (Wildman–Crippen MR) is 114 cm³/mol. The van der Waals surface area contributed by atoms with Crippen molar-refractivity contribution < 1.29 is 13.2 Å². The zero-order chi connectivity index (χ0) is 20.1. The molecule has 1 aromatic heterocycles. The van der Waals surface area contributed by atoms with E-state index in [9.17, 15) is 13.2 Å². The number of amides is 1. The molecule has 0 atom stereocenters. The van der Waals surface area contributed by atoms with Gasteiger partial charge in [-0.3, -0.25) is 9.52 Å². The summed E-state index contributed by atoms with van der Waals surface area (Å²) in [6.45, 7) is 4.37. The summed E-state index contributed by atoms with van der Waals surface area (Å²) in [4.78, 5) is 13.6. The Morgan fingerprint density at radius 3 is 2.39 bits per heavy atom. The largest absolute Gasteiger partial charge is 0.352 e. The molecule has 0 spiro atoms. The van der Waals surface area contributed by atoms with Crippen molar-refractivity contribution in [1.29, 1.82) is 0 Å². The van der Waals surface area contributed by atoms with Crippen LogP contribution in [0.1, 0.15) is 26.4 Å². The Morgan fingerprint density at radius 1 is 1.00 bits per heavy atom. The molecule has 2 N–H and O–H groups in total. The van der Waals surface area contributed by atoms with Gasteiger partial charge in [-0.2, -0.15) is 0 Å². The van der Waals surface area contributed by atoms with Gasteiger partial charge in [0, 0.05) is 22.7 Å². The highest BCUT2D eigenvalue weighted by Crippen LogP contribution is 2.19. The third-order valence-electron chi connectivity index (χ3n) is 4.43. The molecule has 28 heavy (non-hydrogen) atoms. The van der Waals surface area contributed by atoms with Gasteiger partial charge in [-0.15, -0.1) is 11.3 Å². The highest BCUT2D eigenvalue weighted by Gasteiger charge is 2.15. The first-order valence-electron chi connectivity index (χ1n) is 8.86. The maximum Gasteiger partial charge on any atom is 0.261 e. The Kier molecular flexibility index (Phi) is 6.16. The molecule has 5 nitrogen and oxygen atoms in total. The van der Waals surface area contributed by atoms with E-state index in [-0.39, 0.29) is 10.8 Å². The monoisotopic (exact) mass is 414 g/mol. The zero-order valence-electron chi connectivity index (χ0n) is 15.7. The van der Waals surface area contributed by atoms with E-state index in [0.29, 0.717) is 17.8 Å². The molecule has 0 fully saturated rings. The summed E-state index contributed by atoms with van der Waals surface area (Å²) in [5.74, 6) is -0.180. The number of thiophene rings is 1. The van der Waals surface area contributed by atoms with Crippen molar-refractivity contribution in [3.63, 3.8) is 0 Å². The SMILES string of the molecule is Cc1ccc(S(=O)(=O)Nc2ccc(C(=O)NCCc3cccs3)cc2)cc1C. The van der Waals surface area contributed by atoms with Crippen molar-refractivity contribution in [3.8, 4) is 0 Å². The van der Waals surface area contributed by atoms with Crippen molar-refractivity contribution in [3.05, 3.63) is 81.5 Å². The van der Waals surface area contributed by atoms with E-state index in [4.69, 9.17) is 0 Å². The number of nitrogens with one attached hydrogen (secondary N) is 2. The average molecular weight is 415 g/mol. The standard InChI is InChI=1S/C21H22N2O3S2/c1-15-5-10-20(14-16(15)2)28(25,26)23-18-8-6-17(7-9-18)21(24)22-12-11-19-4-3-13-27-19/h3-10,13-14,23H,11-12H2,1-2H3,(H,22,24). The van der Waals surface area contributed by atoms with E-state index in [1.165, 1.54) is 4.88 Å². The van der Waals surface area contributed by atoms with Crippen LogP contribution in [0.4, 0.5) is 5.69 Å². The van der Waals surface area contributed by atoms with Gasteiger partial charge in [0.15, 0.2) is 0 Å². The summed E-state index contributed by atoms with van der Waals surface area (Å²) >= 11 is 1.66. The minimum atomic E-state index is -3.67. The van der Waals surface area contributed by atoms with Crippen molar-refractivity contribution >= 4 is 33.0 Å². The Balaban J connectivity index is 1.61. The molecule has 0 bridgehead atoms. The third-order valence-corrected chi connectivity index (χ3v) is 6.74. The number of rotatable bonds is 7. The van der Waals surface area contributed by atoms with Gasteiger partial charge in [-0.05, 0) is 79.2 Å². The number of carbonyl (C=O) groups is 1. The molecule has 0 aliphatic carbocycles. The third kappa shape index (κ3) is 4.99. The lowest BCUT2D eigenvalue weighted by atomic mass is 10.1. The van der Waals surface area contributed by atoms with Crippen LogP contribution < -0.4 is 10.0 Å². The summed E-state index contributed by atoms with van der Waals surface area (Å²) in [5.41, 5.74) is 2.85. The van der Waals surface area contributed by atoms with Crippen molar-refractivity contribution in [2.24, 2.45) is 0 Å². The molecule has 0 saturated carbocycles. The van der Waals surface area contributed by atoms with Crippen LogP contribution in [0.15, 0.2) is 64.9 Å². The number of benzene rings is 2. The molecule has 7 heteroatoms. The van der Waals surface area contributed by atoms with Gasteiger partial charge in [0.05, 0.1) is 4.90 Å². The minimum absolute atomic E-state index is 0.180. The van der Waals surface area contributed by atoms with Gasteiger partial charge in [0.1, 0.15) is 0 Å². The lowest BCUT2D eigenvalue weighted by molar-refractivity contribution is 0.0954. The van der Waals surface area contributed by atoms with Crippen LogP contribution in [0, 0.1) is 13.8 Å². The summed E-state index contributed by atoms with van der Waals surface area (Å²) in [6.07, 6.45) is 0.789. The van der Waals surface area contributed by atoms with Crippen LogP contribution in [-0.2, 0) is 16.4 Å². The molecule has 2 aromatic carbocycles. The van der Waals surface area contributed by atoms with E-state index in [0.717, 1.165) is 17.5 Å². The van der Waals surface area contributed by atoms with Crippen LogP contribution >= 0.6 is 11.3 Å². The molecule has 0 aliphatic heterocycles. The summed E-state index contributed by atoms with van der Waals surface area (Å²) in [7, 11) is -3.67. The molecular weight excluding hydrogens is 392 g/mol. The highest BCUT2D eigenvalue weighted by molar-refractivity contribution is 7.92. The van der Waals surface area contributed by atoms with Crippen molar-refractivity contribution in [2.45, 2.75) is 25.2 Å². The fourth-order valence-electron chi connectivity index (χ4n) is 2.64. The number of hydrogen-bond acceptors (Lipinski definition) is 4. The van der Waals surface area contributed by atoms with Crippen LogP contribution in [0.5, 0.6) is 0 Å². The number of anilines is 1. The molecule has 1 amide bonds. The summed E-state index contributed by atoms with van der Waals surface area (Å²) in [6, 6.07) is 15.4. The molecule has 3 rings (SSSR count). The summed E-state index contributed by atoms with van der Waals surface area (Å²) < 4.78 is 27.6. The number of aryl methyl sites for hydroxylation is 2. The second-order valence-corrected chi connectivity index (χ2v) is 9.23. The predicted octanol–water partition coefficient (Wildman–Crippen LogP) is 4.14. The highest BCUT2D eigenvalue weighted by atomic mass is 32.2. The Morgan fingerprint density at radius 2 is 1.75 bits per heavy atom. The molecule has 3 aromatic rings. The van der Waals surface area contributed by atoms with Gasteiger partial charge in [-0.25, -0.2) is 8.42 Å². The molecule has 0 radical (unpaired) electrons. The van der Waals surface area contributed by atoms with Crippen LogP contribution in [0.3, 0.4) is 0 Å². The lowest BCUT2D eigenvalue weighted by Gasteiger charge is -2.10. The van der Waals surface area contributed by atoms with Gasteiger partial charge in [-0.1, -0.05) is 12.1 Å². The van der Waals surface area contributed by atoms with Gasteiger partial charge in [0.2, 0.25) is 0 Å². The van der Waals surface area contributed by atoms with Crippen LogP contribution in [0.25, 0.3) is 0 Å². The molecule has 1 heterocycles. The quantitative estimate of drug-likeness (QED) is 0.610. The maximum absolute atomic E-state index is 12.5. The van der Waals surface area contributed by atoms with Crippen LogP contribution in [-0.4, -0.2) is 20.9 Å². The first kappa shape index (κ1) is 20.1. The van der Waals surface area contributed by atoms with Gasteiger partial charge in [0.25, 0.3) is 15.9 Å². The second kappa shape index (κ2) is 8.58. The smallest absolute Gasteiger partial charge is 0.261 e. The normalized spacial score (nSPS) is 11.2. The number of hydrogen-bond donors (Lipinski definition) is 2. The Hall–Kier alpha value is -2.64. The van der Waals surface area contributed by atoms with Crippen molar-refractivity contribution in [2.75, 3.05) is 11.3 Å². The fourth-order valence-corrected chi connectivity index (χ4v) is 4.49. The fraction of sp³-hybridized carbons (Fsp3) is 0.190. The van der Waals surface area contributed by atoms with E-state index >= 15 is 0 Å². The number of carbonyl (C=O) groups excluding carboxylic acids is 1. The average Bonchev–Trinajstić information content (AvgIpc) is 3.17. The van der Waals surface area contributed by atoms with E-state index in [1.807, 2.05) is 31.4 Å². The Bertz CT molecular complexity index is 1060. The van der Waals surface area contributed by atoms with E-state index < -0.39 is 10.0 Å². The topological polar surface area (TPSA) is 75.3 Å². The van der Waals surface area contributed by atoms with Gasteiger partial charge >= 0.3 is 0 Å². The molecule has 0 unspecified atom stereocenters. The second-order valence-electron chi connectivity index (χ2n) is 6.51. The maximum atomic E-state index is 12.5. The first-order valence-corrected chi connectivity index (χ1v) is 11.2. The first-order chi connectivity index (χ1) is 13.3. The zero-order valence-corrected chi connectivity index (χ0v) is 17.4. The van der Waals surface area contributed by atoms with E-state index in [1.54, 1.807) is 53.8 Å². The molecule has 0 saturated heterocycles. The lowest BCUT2D eigenvalue weighted by Crippen LogP contribution is -2.25.